The molecule has 0 aliphatic heterocycles. The molecule has 0 fully saturated rings. The molecule has 1 heteroatoms. The third-order valence-electron chi connectivity index (χ3n) is 1.38. The zero-order valence-corrected chi connectivity index (χ0v) is 6.45. The van der Waals surface area contributed by atoms with Crippen molar-refractivity contribution in [3.63, 3.8) is 0 Å². The third kappa shape index (κ3) is 11.3. The van der Waals surface area contributed by atoms with E-state index in [1.165, 1.54) is 25.7 Å². The van der Waals surface area contributed by atoms with Crippen LogP contribution in [0.2, 0.25) is 0 Å². The predicted octanol–water partition coefficient (Wildman–Crippen LogP) is 2.43. The van der Waals surface area contributed by atoms with Gasteiger partial charge in [0.2, 0.25) is 0 Å². The fourth-order valence-corrected chi connectivity index (χ4v) is 0.802. The van der Waals surface area contributed by atoms with Crippen LogP contribution in [0.3, 0.4) is 0 Å². The quantitative estimate of drug-likeness (QED) is 0.418. The van der Waals surface area contributed by atoms with Crippen LogP contribution in [-0.2, 0) is 0 Å². The molecule has 0 heterocycles. The normalized spacial score (nSPS) is 8.60. The summed E-state index contributed by atoms with van der Waals surface area (Å²) in [6.07, 6.45) is 6.39. The van der Waals surface area contributed by atoms with Gasteiger partial charge in [0.1, 0.15) is 0 Å². The molecule has 0 rings (SSSR count). The molecule has 0 unspecified atom stereocenters. The first-order valence-electron chi connectivity index (χ1n) is 3.77. The van der Waals surface area contributed by atoms with E-state index in [-0.39, 0.29) is 23.1 Å². The minimum absolute atomic E-state index is 0. The number of rotatable bonds is 5. The minimum Gasteiger partial charge on any atom is -0.0999 e. The second-order valence-corrected chi connectivity index (χ2v) is 2.56. The molecule has 0 saturated carbocycles. The standard InChI is InChI=1S/C9H17.Mg.2H/c1-4-5-6-7-8-9(2)3;;;/h2-8H2,1H3;;;. The van der Waals surface area contributed by atoms with Gasteiger partial charge in [-0.05, 0) is 19.8 Å². The summed E-state index contributed by atoms with van der Waals surface area (Å²) in [6.45, 7) is 9.70. The number of hydrogen-bond acceptors (Lipinski definition) is 0. The van der Waals surface area contributed by atoms with Crippen LogP contribution in [0.5, 0.6) is 0 Å². The van der Waals surface area contributed by atoms with Gasteiger partial charge in [0.15, 0.2) is 0 Å². The van der Waals surface area contributed by atoms with E-state index < -0.39 is 0 Å². The van der Waals surface area contributed by atoms with Gasteiger partial charge in [-0.25, -0.2) is 0 Å². The van der Waals surface area contributed by atoms with Gasteiger partial charge in [0.05, 0.1) is 0 Å². The molecule has 0 aliphatic carbocycles. The molecular formula is C9H19Mg. The van der Waals surface area contributed by atoms with E-state index in [0.717, 1.165) is 12.0 Å². The molecular weight excluding hydrogens is 132 g/mol. The largest absolute Gasteiger partial charge is 0.316 e. The maximum absolute atomic E-state index is 3.74. The highest BCUT2D eigenvalue weighted by atomic mass is 24.3. The summed E-state index contributed by atoms with van der Waals surface area (Å²) in [4.78, 5) is 0. The Labute approximate surface area is 81.2 Å². The van der Waals surface area contributed by atoms with Crippen molar-refractivity contribution in [2.75, 3.05) is 0 Å². The Morgan fingerprint density at radius 2 is 1.80 bits per heavy atom. The molecule has 0 bridgehead atoms. The highest BCUT2D eigenvalue weighted by Gasteiger charge is 1.86. The summed E-state index contributed by atoms with van der Waals surface area (Å²) >= 11 is 0. The second kappa shape index (κ2) is 9.51. The highest BCUT2D eigenvalue weighted by molar-refractivity contribution is 5.75. The Morgan fingerprint density at radius 3 is 2.20 bits per heavy atom. The molecule has 0 aliphatic rings. The smallest absolute Gasteiger partial charge is 0.0999 e. The zero-order valence-electron chi connectivity index (χ0n) is 6.45. The van der Waals surface area contributed by atoms with Gasteiger partial charge < -0.3 is 0 Å². The molecule has 0 atom stereocenters. The lowest BCUT2D eigenvalue weighted by Gasteiger charge is -1.96. The maximum atomic E-state index is 3.74. The molecule has 0 amide bonds. The van der Waals surface area contributed by atoms with Crippen molar-refractivity contribution in [2.24, 2.45) is 0 Å². The van der Waals surface area contributed by atoms with Crippen LogP contribution < -0.4 is 0 Å². The molecule has 0 nitrogen and oxygen atoms in total. The van der Waals surface area contributed by atoms with Crippen molar-refractivity contribution in [2.45, 2.75) is 39.0 Å². The first kappa shape index (κ1) is 13.1. The Kier molecular flexibility index (Phi) is 12.5. The van der Waals surface area contributed by atoms with E-state index in [9.17, 15) is 0 Å². The van der Waals surface area contributed by atoms with E-state index in [4.69, 9.17) is 0 Å². The van der Waals surface area contributed by atoms with E-state index in [1.54, 1.807) is 0 Å². The predicted molar refractivity (Wildman–Crippen MR) is 51.8 cm³/mol. The monoisotopic (exact) mass is 151 g/mol. The average molecular weight is 152 g/mol. The lowest BCUT2D eigenvalue weighted by atomic mass is 10.1. The van der Waals surface area contributed by atoms with Gasteiger partial charge in [-0.1, -0.05) is 38.3 Å². The van der Waals surface area contributed by atoms with Gasteiger partial charge in [-0.2, -0.15) is 0 Å². The topological polar surface area (TPSA) is 0 Å². The van der Waals surface area contributed by atoms with Crippen molar-refractivity contribution in [1.82, 2.24) is 0 Å². The average Bonchev–Trinajstić information content (AvgIpc) is 1.80. The SMILES string of the molecule is [CH2]C(=C)CCCCCC.[MgH2]. The lowest BCUT2D eigenvalue weighted by Crippen LogP contribution is -1.77. The van der Waals surface area contributed by atoms with Crippen LogP contribution in [0.1, 0.15) is 39.0 Å². The molecule has 10 heavy (non-hydrogen) atoms. The molecule has 0 aromatic rings. The van der Waals surface area contributed by atoms with Gasteiger partial charge in [-0.15, -0.1) is 0 Å². The molecule has 57 valence electrons. The summed E-state index contributed by atoms with van der Waals surface area (Å²) in [5.41, 5.74) is 1.08. The molecule has 0 N–H and O–H groups in total. The molecule has 0 spiro atoms. The Morgan fingerprint density at radius 1 is 1.20 bits per heavy atom. The summed E-state index contributed by atoms with van der Waals surface area (Å²) in [7, 11) is 0. The Bertz CT molecular complexity index is 76.8. The Balaban J connectivity index is 0. The second-order valence-electron chi connectivity index (χ2n) is 2.56. The van der Waals surface area contributed by atoms with Gasteiger partial charge in [0, 0.05) is 0 Å². The lowest BCUT2D eigenvalue weighted by molar-refractivity contribution is 0.668. The van der Waals surface area contributed by atoms with E-state index in [0.29, 0.717) is 0 Å². The molecule has 0 aromatic heterocycles. The first-order chi connectivity index (χ1) is 4.27. The van der Waals surface area contributed by atoms with Crippen LogP contribution in [0.25, 0.3) is 0 Å². The molecule has 1 radical (unpaired) electrons. The zero-order chi connectivity index (χ0) is 7.11. The van der Waals surface area contributed by atoms with E-state index >= 15 is 0 Å². The molecule has 0 aromatic carbocycles. The fourth-order valence-electron chi connectivity index (χ4n) is 0.802. The minimum atomic E-state index is 0. The number of unbranched alkanes of at least 4 members (excludes halogenated alkanes) is 3. The van der Waals surface area contributed by atoms with Crippen molar-refractivity contribution in [1.29, 1.82) is 0 Å². The first-order valence-corrected chi connectivity index (χ1v) is 3.77. The van der Waals surface area contributed by atoms with Crippen LogP contribution in [0.4, 0.5) is 0 Å². The summed E-state index contributed by atoms with van der Waals surface area (Å²) in [5, 5.41) is 0. The van der Waals surface area contributed by atoms with Crippen LogP contribution in [0, 0.1) is 6.92 Å². The van der Waals surface area contributed by atoms with Gasteiger partial charge >= 0.3 is 23.1 Å². The van der Waals surface area contributed by atoms with Crippen LogP contribution >= 0.6 is 0 Å². The Hall–Kier alpha value is 0.506. The van der Waals surface area contributed by atoms with Crippen LogP contribution in [0.15, 0.2) is 12.2 Å². The van der Waals surface area contributed by atoms with E-state index in [1.807, 2.05) is 0 Å². The van der Waals surface area contributed by atoms with Gasteiger partial charge in [-0.3, -0.25) is 0 Å². The van der Waals surface area contributed by atoms with Crippen molar-refractivity contribution in [3.05, 3.63) is 19.1 Å². The summed E-state index contributed by atoms with van der Waals surface area (Å²) < 4.78 is 0. The van der Waals surface area contributed by atoms with E-state index in [2.05, 4.69) is 20.4 Å². The molecule has 0 saturated heterocycles. The maximum Gasteiger partial charge on any atom is 0.316 e. The van der Waals surface area contributed by atoms with Gasteiger partial charge in [0.25, 0.3) is 0 Å². The van der Waals surface area contributed by atoms with Crippen LogP contribution in [-0.4, -0.2) is 23.1 Å². The third-order valence-corrected chi connectivity index (χ3v) is 1.38. The summed E-state index contributed by atoms with van der Waals surface area (Å²) in [5.74, 6) is 0. The fraction of sp³-hybridized carbons (Fsp3) is 0.667. The van der Waals surface area contributed by atoms with Crippen molar-refractivity contribution in [3.8, 4) is 0 Å². The number of hydrogen-bond donors (Lipinski definition) is 0. The summed E-state index contributed by atoms with van der Waals surface area (Å²) in [6, 6.07) is 0. The highest BCUT2D eigenvalue weighted by Crippen LogP contribution is 2.06. The van der Waals surface area contributed by atoms with Crippen molar-refractivity contribution < 1.29 is 0 Å². The van der Waals surface area contributed by atoms with Crippen molar-refractivity contribution >= 4 is 23.1 Å². The number of allylic oxidation sites excluding steroid dienone is 1.